The van der Waals surface area contributed by atoms with E-state index in [1.54, 1.807) is 18.3 Å². The lowest BCUT2D eigenvalue weighted by Crippen LogP contribution is -2.12. The number of hydrogen-bond acceptors (Lipinski definition) is 12. The summed E-state index contributed by atoms with van der Waals surface area (Å²) in [5, 5.41) is 10.6. The molecule has 40 heavy (non-hydrogen) atoms. The minimum Gasteiger partial charge on any atom is -0.491 e. The molecule has 4 aromatic rings. The van der Waals surface area contributed by atoms with Crippen LogP contribution in [-0.4, -0.2) is 64.5 Å². The molecule has 0 radical (unpaired) electrons. The standard InChI is InChI=1S/C27H29N7O6/c28-25-24-26(33-27(29)32-25)30-17-21(31-24)6-5-19-1-3-20(4-2-19)18-39-14-13-37-11-12-38-15-16-40-23-9-7-22(8-10-23)34(35)36/h1-10,17H,11-16,18H2,(H4,28,29,30,32,33)/b6-5+. The van der Waals surface area contributed by atoms with Crippen molar-refractivity contribution >= 4 is 40.8 Å². The van der Waals surface area contributed by atoms with Gasteiger partial charge in [0.25, 0.3) is 5.69 Å². The van der Waals surface area contributed by atoms with Crippen molar-refractivity contribution in [3.05, 3.63) is 81.7 Å². The smallest absolute Gasteiger partial charge is 0.269 e. The molecule has 2 heterocycles. The minimum absolute atomic E-state index is 0.0238. The summed E-state index contributed by atoms with van der Waals surface area (Å²) < 4.78 is 22.1. The number of hydrogen-bond donors (Lipinski definition) is 2. The summed E-state index contributed by atoms with van der Waals surface area (Å²) in [7, 11) is 0. The maximum atomic E-state index is 10.6. The molecule has 2 aromatic carbocycles. The van der Waals surface area contributed by atoms with Crippen LogP contribution < -0.4 is 16.2 Å². The lowest BCUT2D eigenvalue weighted by Gasteiger charge is -2.08. The summed E-state index contributed by atoms with van der Waals surface area (Å²) in [5.41, 5.74) is 14.9. The molecular formula is C27H29N7O6. The van der Waals surface area contributed by atoms with E-state index in [4.69, 9.17) is 30.4 Å². The highest BCUT2D eigenvalue weighted by molar-refractivity contribution is 5.83. The number of nitrogens with two attached hydrogens (primary N) is 2. The van der Waals surface area contributed by atoms with E-state index in [-0.39, 0.29) is 17.5 Å². The van der Waals surface area contributed by atoms with E-state index in [0.717, 1.165) is 11.1 Å². The zero-order valence-electron chi connectivity index (χ0n) is 21.6. The molecule has 0 unspecified atom stereocenters. The second-order valence-electron chi connectivity index (χ2n) is 8.39. The van der Waals surface area contributed by atoms with Crippen molar-refractivity contribution in [1.82, 2.24) is 19.9 Å². The second-order valence-corrected chi connectivity index (χ2v) is 8.39. The maximum absolute atomic E-state index is 10.6. The number of fused-ring (bicyclic) bond motifs is 1. The van der Waals surface area contributed by atoms with Gasteiger partial charge in [-0.2, -0.15) is 9.97 Å². The van der Waals surface area contributed by atoms with Crippen LogP contribution in [0.1, 0.15) is 16.8 Å². The van der Waals surface area contributed by atoms with Crippen LogP contribution in [-0.2, 0) is 20.8 Å². The number of ether oxygens (including phenoxy) is 4. The van der Waals surface area contributed by atoms with Crippen LogP contribution in [0.15, 0.2) is 54.7 Å². The van der Waals surface area contributed by atoms with Gasteiger partial charge in [0.15, 0.2) is 17.0 Å². The van der Waals surface area contributed by atoms with Crippen molar-refractivity contribution < 1.29 is 23.9 Å². The van der Waals surface area contributed by atoms with Crippen molar-refractivity contribution in [3.8, 4) is 5.75 Å². The molecule has 0 saturated heterocycles. The van der Waals surface area contributed by atoms with Gasteiger partial charge >= 0.3 is 0 Å². The van der Waals surface area contributed by atoms with E-state index < -0.39 is 4.92 Å². The van der Waals surface area contributed by atoms with E-state index >= 15 is 0 Å². The first-order chi connectivity index (χ1) is 19.5. The molecule has 0 fully saturated rings. The van der Waals surface area contributed by atoms with Crippen LogP contribution in [0.2, 0.25) is 0 Å². The van der Waals surface area contributed by atoms with Crippen molar-refractivity contribution in [2.75, 3.05) is 51.1 Å². The third-order valence-electron chi connectivity index (χ3n) is 5.45. The van der Waals surface area contributed by atoms with Crippen LogP contribution in [0.5, 0.6) is 5.75 Å². The SMILES string of the molecule is Nc1nc(N)c2nc(/C=C/c3ccc(COCCOCCOCCOc4ccc([N+](=O)[O-])cc4)cc3)cnc2n1. The van der Waals surface area contributed by atoms with Gasteiger partial charge in [-0.15, -0.1) is 0 Å². The van der Waals surface area contributed by atoms with E-state index in [1.807, 2.05) is 36.4 Å². The Balaban J connectivity index is 1.05. The number of nitro groups is 1. The summed E-state index contributed by atoms with van der Waals surface area (Å²) in [4.78, 5) is 26.8. The topological polar surface area (TPSA) is 184 Å². The maximum Gasteiger partial charge on any atom is 0.269 e. The van der Waals surface area contributed by atoms with Crippen LogP contribution in [0, 0.1) is 10.1 Å². The van der Waals surface area contributed by atoms with Crippen molar-refractivity contribution in [1.29, 1.82) is 0 Å². The molecular weight excluding hydrogens is 518 g/mol. The van der Waals surface area contributed by atoms with Gasteiger partial charge in [0.05, 0.1) is 56.5 Å². The molecule has 0 saturated carbocycles. The predicted octanol–water partition coefficient (Wildman–Crippen LogP) is 3.29. The third kappa shape index (κ3) is 8.66. The lowest BCUT2D eigenvalue weighted by atomic mass is 10.1. The lowest BCUT2D eigenvalue weighted by molar-refractivity contribution is -0.384. The fourth-order valence-corrected chi connectivity index (χ4v) is 3.46. The fourth-order valence-electron chi connectivity index (χ4n) is 3.46. The normalized spacial score (nSPS) is 11.3. The molecule has 0 spiro atoms. The average Bonchev–Trinajstić information content (AvgIpc) is 2.95. The fraction of sp³-hybridized carbons (Fsp3) is 0.259. The van der Waals surface area contributed by atoms with E-state index in [0.29, 0.717) is 68.9 Å². The molecule has 13 nitrogen and oxygen atoms in total. The molecule has 0 amide bonds. The zero-order valence-corrected chi connectivity index (χ0v) is 21.6. The number of nitrogens with zero attached hydrogens (tertiary/aromatic N) is 5. The Morgan fingerprint density at radius 1 is 0.800 bits per heavy atom. The predicted molar refractivity (Wildman–Crippen MR) is 149 cm³/mol. The van der Waals surface area contributed by atoms with Crippen LogP contribution >= 0.6 is 0 Å². The summed E-state index contributed by atoms with van der Waals surface area (Å²) in [6, 6.07) is 13.9. The van der Waals surface area contributed by atoms with Gasteiger partial charge < -0.3 is 30.4 Å². The highest BCUT2D eigenvalue weighted by Gasteiger charge is 2.07. The monoisotopic (exact) mass is 547 g/mol. The minimum atomic E-state index is -0.453. The molecule has 0 aliphatic heterocycles. The number of benzene rings is 2. The summed E-state index contributed by atoms with van der Waals surface area (Å²) in [6.45, 7) is 2.99. The summed E-state index contributed by atoms with van der Waals surface area (Å²) in [6.07, 6.45) is 5.35. The Hall–Kier alpha value is -4.72. The zero-order chi connectivity index (χ0) is 28.2. The summed E-state index contributed by atoms with van der Waals surface area (Å²) >= 11 is 0. The van der Waals surface area contributed by atoms with Gasteiger partial charge in [0.2, 0.25) is 5.95 Å². The first-order valence-electron chi connectivity index (χ1n) is 12.4. The summed E-state index contributed by atoms with van der Waals surface area (Å²) in [5.74, 6) is 0.807. The Morgan fingerprint density at radius 3 is 2.17 bits per heavy atom. The Labute approximate surface area is 229 Å². The number of rotatable bonds is 15. The van der Waals surface area contributed by atoms with Gasteiger partial charge in [0.1, 0.15) is 12.4 Å². The highest BCUT2D eigenvalue weighted by atomic mass is 16.6. The Kier molecular flexibility index (Phi) is 10.2. The largest absolute Gasteiger partial charge is 0.491 e. The molecule has 0 atom stereocenters. The van der Waals surface area contributed by atoms with Gasteiger partial charge in [-0.05, 0) is 29.3 Å². The van der Waals surface area contributed by atoms with Gasteiger partial charge in [0, 0.05) is 12.1 Å². The van der Waals surface area contributed by atoms with E-state index in [2.05, 4.69) is 19.9 Å². The van der Waals surface area contributed by atoms with Crippen LogP contribution in [0.25, 0.3) is 23.3 Å². The van der Waals surface area contributed by atoms with Crippen molar-refractivity contribution in [3.63, 3.8) is 0 Å². The number of aromatic nitrogens is 4. The van der Waals surface area contributed by atoms with Crippen LogP contribution in [0.3, 0.4) is 0 Å². The second kappa shape index (κ2) is 14.4. The average molecular weight is 548 g/mol. The molecule has 0 bridgehead atoms. The first kappa shape index (κ1) is 28.3. The molecule has 4 rings (SSSR count). The van der Waals surface area contributed by atoms with Crippen LogP contribution in [0.4, 0.5) is 17.5 Å². The van der Waals surface area contributed by atoms with Gasteiger partial charge in [-0.25, -0.2) is 9.97 Å². The quantitative estimate of drug-likeness (QED) is 0.126. The molecule has 0 aliphatic rings. The molecule has 0 aliphatic carbocycles. The number of anilines is 2. The Morgan fingerprint density at radius 2 is 1.48 bits per heavy atom. The first-order valence-corrected chi connectivity index (χ1v) is 12.4. The van der Waals surface area contributed by atoms with Crippen molar-refractivity contribution in [2.45, 2.75) is 6.61 Å². The van der Waals surface area contributed by atoms with Crippen molar-refractivity contribution in [2.24, 2.45) is 0 Å². The van der Waals surface area contributed by atoms with E-state index in [9.17, 15) is 10.1 Å². The van der Waals surface area contributed by atoms with Gasteiger partial charge in [-0.3, -0.25) is 10.1 Å². The molecule has 4 N–H and O–H groups in total. The van der Waals surface area contributed by atoms with Gasteiger partial charge in [-0.1, -0.05) is 30.3 Å². The number of non-ortho nitro benzene ring substituents is 1. The molecule has 13 heteroatoms. The number of nitrogen functional groups attached to an aromatic ring is 2. The molecule has 2 aromatic heterocycles. The third-order valence-corrected chi connectivity index (χ3v) is 5.45. The Bertz CT molecular complexity index is 1430. The highest BCUT2D eigenvalue weighted by Crippen LogP contribution is 2.18. The number of nitro benzene ring substituents is 1. The van der Waals surface area contributed by atoms with E-state index in [1.165, 1.54) is 12.1 Å². The molecule has 208 valence electrons.